The number of benzene rings is 1. The van der Waals surface area contributed by atoms with Crippen molar-refractivity contribution in [1.82, 2.24) is 10.6 Å². The average molecular weight is 301 g/mol. The van der Waals surface area contributed by atoms with Gasteiger partial charge in [-0.3, -0.25) is 9.59 Å². The Kier molecular flexibility index (Phi) is 4.16. The van der Waals surface area contributed by atoms with Crippen LogP contribution in [0.1, 0.15) is 31.7 Å². The maximum absolute atomic E-state index is 12.3. The van der Waals surface area contributed by atoms with Gasteiger partial charge in [-0.25, -0.2) is 0 Å². The van der Waals surface area contributed by atoms with Crippen LogP contribution >= 0.6 is 0 Å². The van der Waals surface area contributed by atoms with Crippen molar-refractivity contribution in [3.05, 3.63) is 29.8 Å². The van der Waals surface area contributed by atoms with Gasteiger partial charge < -0.3 is 16.0 Å². The quantitative estimate of drug-likeness (QED) is 0.792. The highest BCUT2D eigenvalue weighted by Gasteiger charge is 2.57. The van der Waals surface area contributed by atoms with Crippen LogP contribution in [0.4, 0.5) is 5.69 Å². The molecule has 2 aliphatic rings. The van der Waals surface area contributed by atoms with Gasteiger partial charge in [-0.2, -0.15) is 0 Å². The lowest BCUT2D eigenvalue weighted by atomic mass is 9.92. The average Bonchev–Trinajstić information content (AvgIpc) is 3.18. The Hall–Kier alpha value is -1.88. The lowest BCUT2D eigenvalue weighted by Gasteiger charge is -2.23. The van der Waals surface area contributed by atoms with Crippen molar-refractivity contribution in [3.8, 4) is 0 Å². The van der Waals surface area contributed by atoms with Crippen molar-refractivity contribution in [2.45, 2.75) is 32.7 Å². The number of rotatable bonds is 4. The fourth-order valence-electron chi connectivity index (χ4n) is 3.47. The molecular formula is C17H23N3O2. The summed E-state index contributed by atoms with van der Waals surface area (Å²) >= 11 is 0. The van der Waals surface area contributed by atoms with Gasteiger partial charge in [-0.05, 0) is 55.5 Å². The highest BCUT2D eigenvalue weighted by Crippen LogP contribution is 2.58. The molecule has 3 rings (SSSR count). The molecule has 1 atom stereocenters. The number of piperidine rings is 1. The van der Waals surface area contributed by atoms with E-state index in [-0.39, 0.29) is 23.1 Å². The molecule has 1 aliphatic heterocycles. The second-order valence-corrected chi connectivity index (χ2v) is 6.47. The highest BCUT2D eigenvalue weighted by atomic mass is 16.2. The van der Waals surface area contributed by atoms with E-state index in [1.807, 2.05) is 24.3 Å². The molecule has 118 valence electrons. The summed E-state index contributed by atoms with van der Waals surface area (Å²) in [6.07, 6.45) is 3.26. The highest BCUT2D eigenvalue weighted by molar-refractivity contribution is 5.88. The molecule has 3 N–H and O–H groups in total. The summed E-state index contributed by atoms with van der Waals surface area (Å²) in [5.41, 5.74) is 2.04. The number of nitrogens with one attached hydrogen (secondary N) is 3. The molecule has 5 nitrogen and oxygen atoms in total. The Morgan fingerprint density at radius 3 is 2.82 bits per heavy atom. The molecule has 1 saturated carbocycles. The van der Waals surface area contributed by atoms with E-state index in [0.717, 1.165) is 43.6 Å². The van der Waals surface area contributed by atoms with Crippen LogP contribution < -0.4 is 16.0 Å². The normalized spacial score (nSPS) is 22.1. The standard InChI is InChI=1S/C17H23N3O2/c1-12(21)20-14-4-2-3-13(9-14)11-19-16(22)15-10-17(15)5-7-18-8-6-17/h2-4,9,15,18H,5-8,10-11H2,1H3,(H,19,22)(H,20,21). The van der Waals surface area contributed by atoms with Crippen LogP contribution in [0.5, 0.6) is 0 Å². The van der Waals surface area contributed by atoms with Gasteiger partial charge in [0.2, 0.25) is 11.8 Å². The van der Waals surface area contributed by atoms with Crippen LogP contribution in [-0.4, -0.2) is 24.9 Å². The zero-order chi connectivity index (χ0) is 15.6. The lowest BCUT2D eigenvalue weighted by molar-refractivity contribution is -0.123. The zero-order valence-corrected chi connectivity index (χ0v) is 12.9. The third kappa shape index (κ3) is 3.30. The van der Waals surface area contributed by atoms with Crippen LogP contribution in [0.15, 0.2) is 24.3 Å². The van der Waals surface area contributed by atoms with E-state index in [0.29, 0.717) is 6.54 Å². The second kappa shape index (κ2) is 6.08. The van der Waals surface area contributed by atoms with Gasteiger partial charge in [0.15, 0.2) is 0 Å². The molecular weight excluding hydrogens is 278 g/mol. The first kappa shape index (κ1) is 15.0. The van der Waals surface area contributed by atoms with E-state index >= 15 is 0 Å². The molecule has 1 aromatic carbocycles. The molecule has 1 heterocycles. The van der Waals surface area contributed by atoms with Crippen LogP contribution in [0.3, 0.4) is 0 Å². The molecule has 1 unspecified atom stereocenters. The fraction of sp³-hybridized carbons (Fsp3) is 0.529. The predicted octanol–water partition coefficient (Wildman–Crippen LogP) is 1.65. The molecule has 22 heavy (non-hydrogen) atoms. The van der Waals surface area contributed by atoms with Gasteiger partial charge in [0.25, 0.3) is 0 Å². The van der Waals surface area contributed by atoms with Crippen LogP contribution in [0.25, 0.3) is 0 Å². The van der Waals surface area contributed by atoms with Crippen LogP contribution in [0.2, 0.25) is 0 Å². The van der Waals surface area contributed by atoms with Gasteiger partial charge in [-0.15, -0.1) is 0 Å². The van der Waals surface area contributed by atoms with Crippen LogP contribution in [-0.2, 0) is 16.1 Å². The first-order valence-electron chi connectivity index (χ1n) is 7.94. The number of carbonyl (C=O) groups is 2. The van der Waals surface area contributed by atoms with Gasteiger partial charge >= 0.3 is 0 Å². The molecule has 1 saturated heterocycles. The van der Waals surface area contributed by atoms with Crippen molar-refractivity contribution < 1.29 is 9.59 Å². The number of amides is 2. The first-order chi connectivity index (χ1) is 10.6. The molecule has 0 radical (unpaired) electrons. The number of hydrogen-bond acceptors (Lipinski definition) is 3. The summed E-state index contributed by atoms with van der Waals surface area (Å²) in [4.78, 5) is 23.4. The van der Waals surface area contributed by atoms with E-state index in [1.54, 1.807) is 0 Å². The molecule has 1 aromatic rings. The van der Waals surface area contributed by atoms with Crippen molar-refractivity contribution >= 4 is 17.5 Å². The minimum Gasteiger partial charge on any atom is -0.352 e. The summed E-state index contributed by atoms with van der Waals surface area (Å²) < 4.78 is 0. The summed E-state index contributed by atoms with van der Waals surface area (Å²) in [5, 5.41) is 9.15. The predicted molar refractivity (Wildman–Crippen MR) is 85.2 cm³/mol. The Morgan fingerprint density at radius 2 is 2.09 bits per heavy atom. The van der Waals surface area contributed by atoms with Gasteiger partial charge in [0.1, 0.15) is 0 Å². The number of carbonyl (C=O) groups excluding carboxylic acids is 2. The molecule has 5 heteroatoms. The third-order valence-electron chi connectivity index (χ3n) is 4.82. The van der Waals surface area contributed by atoms with Crippen molar-refractivity contribution in [3.63, 3.8) is 0 Å². The largest absolute Gasteiger partial charge is 0.352 e. The Morgan fingerprint density at radius 1 is 1.32 bits per heavy atom. The van der Waals surface area contributed by atoms with Gasteiger partial charge in [-0.1, -0.05) is 12.1 Å². The minimum absolute atomic E-state index is 0.0907. The molecule has 1 spiro atoms. The maximum atomic E-state index is 12.3. The SMILES string of the molecule is CC(=O)Nc1cccc(CNC(=O)C2CC23CCNCC3)c1. The van der Waals surface area contributed by atoms with Crippen molar-refractivity contribution in [2.75, 3.05) is 18.4 Å². The van der Waals surface area contributed by atoms with Crippen molar-refractivity contribution in [2.24, 2.45) is 11.3 Å². The van der Waals surface area contributed by atoms with Crippen molar-refractivity contribution in [1.29, 1.82) is 0 Å². The molecule has 1 aliphatic carbocycles. The van der Waals surface area contributed by atoms with Gasteiger partial charge in [0.05, 0.1) is 0 Å². The number of hydrogen-bond donors (Lipinski definition) is 3. The lowest BCUT2D eigenvalue weighted by Crippen LogP contribution is -2.33. The summed E-state index contributed by atoms with van der Waals surface area (Å²) in [6.45, 7) is 4.06. The van der Waals surface area contributed by atoms with E-state index < -0.39 is 0 Å². The molecule has 2 fully saturated rings. The smallest absolute Gasteiger partial charge is 0.223 e. The summed E-state index contributed by atoms with van der Waals surface area (Å²) in [7, 11) is 0. The Bertz CT molecular complexity index is 579. The molecule has 0 aromatic heterocycles. The number of anilines is 1. The second-order valence-electron chi connectivity index (χ2n) is 6.47. The van der Waals surface area contributed by atoms with E-state index in [1.165, 1.54) is 6.92 Å². The summed E-state index contributed by atoms with van der Waals surface area (Å²) in [5.74, 6) is 0.270. The maximum Gasteiger partial charge on any atom is 0.223 e. The topological polar surface area (TPSA) is 70.2 Å². The third-order valence-corrected chi connectivity index (χ3v) is 4.82. The Balaban J connectivity index is 1.52. The van der Waals surface area contributed by atoms with E-state index in [9.17, 15) is 9.59 Å². The minimum atomic E-state index is -0.0907. The Labute approximate surface area is 130 Å². The van der Waals surface area contributed by atoms with E-state index in [4.69, 9.17) is 0 Å². The van der Waals surface area contributed by atoms with Gasteiger partial charge in [0, 0.05) is 25.1 Å². The molecule has 0 bridgehead atoms. The molecule has 2 amide bonds. The fourth-order valence-corrected chi connectivity index (χ4v) is 3.47. The van der Waals surface area contributed by atoms with Crippen LogP contribution in [0, 0.1) is 11.3 Å². The monoisotopic (exact) mass is 301 g/mol. The van der Waals surface area contributed by atoms with E-state index in [2.05, 4.69) is 16.0 Å². The first-order valence-corrected chi connectivity index (χ1v) is 7.94. The summed E-state index contributed by atoms with van der Waals surface area (Å²) in [6, 6.07) is 7.59. The zero-order valence-electron chi connectivity index (χ0n) is 12.9.